The third-order valence-corrected chi connectivity index (χ3v) is 5.94. The predicted molar refractivity (Wildman–Crippen MR) is 129 cm³/mol. The van der Waals surface area contributed by atoms with E-state index in [1.165, 1.54) is 4.68 Å². The number of nitrogens with zero attached hydrogens (tertiary/aromatic N) is 7. The van der Waals surface area contributed by atoms with Crippen LogP contribution in [-0.2, 0) is 6.42 Å². The number of benzene rings is 1. The van der Waals surface area contributed by atoms with E-state index in [1.807, 2.05) is 6.07 Å². The first-order valence-electron chi connectivity index (χ1n) is 10.8. The summed E-state index contributed by atoms with van der Waals surface area (Å²) in [5, 5.41) is 14.7. The molecule has 0 unspecified atom stereocenters. The third-order valence-electron chi connectivity index (χ3n) is 5.63. The number of nitriles is 1. The summed E-state index contributed by atoms with van der Waals surface area (Å²) in [6, 6.07) is 6.96. The SMILES string of the molecule is N#Cc1c(N)nc(N)nc1NCCc1nc2cccc(Cl)c2c(=O)n1N1CCN(CC(F)F)CC1. The van der Waals surface area contributed by atoms with Gasteiger partial charge in [0.05, 0.1) is 22.5 Å². The summed E-state index contributed by atoms with van der Waals surface area (Å²) in [6.45, 7) is 1.41. The van der Waals surface area contributed by atoms with Crippen molar-refractivity contribution in [3.8, 4) is 6.07 Å². The molecule has 5 N–H and O–H groups in total. The highest BCUT2D eigenvalue weighted by Gasteiger charge is 2.24. The molecule has 14 heteroatoms. The predicted octanol–water partition coefficient (Wildman–Crippen LogP) is 1.05. The van der Waals surface area contributed by atoms with Gasteiger partial charge in [-0.05, 0) is 12.1 Å². The molecule has 184 valence electrons. The molecule has 3 aromatic rings. The van der Waals surface area contributed by atoms with E-state index in [9.17, 15) is 18.8 Å². The summed E-state index contributed by atoms with van der Waals surface area (Å²) < 4.78 is 27.0. The quantitative estimate of drug-likeness (QED) is 0.425. The van der Waals surface area contributed by atoms with Crippen molar-refractivity contribution in [2.24, 2.45) is 0 Å². The Morgan fingerprint density at radius 2 is 1.91 bits per heavy atom. The number of rotatable bonds is 7. The van der Waals surface area contributed by atoms with Crippen LogP contribution in [0, 0.1) is 11.3 Å². The zero-order valence-electron chi connectivity index (χ0n) is 18.6. The maximum atomic E-state index is 13.5. The Balaban J connectivity index is 1.64. The molecule has 1 aliphatic rings. The van der Waals surface area contributed by atoms with Gasteiger partial charge in [0, 0.05) is 39.1 Å². The molecule has 1 fully saturated rings. The van der Waals surface area contributed by atoms with E-state index in [-0.39, 0.29) is 58.6 Å². The van der Waals surface area contributed by atoms with E-state index in [1.54, 1.807) is 28.1 Å². The lowest BCUT2D eigenvalue weighted by molar-refractivity contribution is 0.0825. The van der Waals surface area contributed by atoms with Crippen LogP contribution in [0.3, 0.4) is 0 Å². The minimum absolute atomic E-state index is 0.0421. The number of nitrogens with two attached hydrogens (primary N) is 2. The molecule has 3 heterocycles. The molecule has 4 rings (SSSR count). The first kappa shape index (κ1) is 24.4. The van der Waals surface area contributed by atoms with Crippen molar-refractivity contribution in [3.63, 3.8) is 0 Å². The molecule has 1 saturated heterocycles. The van der Waals surface area contributed by atoms with Crippen LogP contribution in [-0.4, -0.2) is 70.2 Å². The van der Waals surface area contributed by atoms with Crippen molar-refractivity contribution in [1.29, 1.82) is 5.26 Å². The van der Waals surface area contributed by atoms with Crippen LogP contribution in [0.25, 0.3) is 10.9 Å². The van der Waals surface area contributed by atoms with Crippen molar-refractivity contribution in [2.75, 3.05) is 61.1 Å². The van der Waals surface area contributed by atoms with Gasteiger partial charge in [-0.2, -0.15) is 15.2 Å². The second-order valence-corrected chi connectivity index (χ2v) is 8.31. The van der Waals surface area contributed by atoms with Gasteiger partial charge in [-0.15, -0.1) is 0 Å². The number of fused-ring (bicyclic) bond motifs is 1. The van der Waals surface area contributed by atoms with Gasteiger partial charge < -0.3 is 21.8 Å². The largest absolute Gasteiger partial charge is 0.382 e. The van der Waals surface area contributed by atoms with Crippen LogP contribution >= 0.6 is 11.6 Å². The van der Waals surface area contributed by atoms with Gasteiger partial charge >= 0.3 is 0 Å². The maximum Gasteiger partial charge on any atom is 0.281 e. The van der Waals surface area contributed by atoms with Gasteiger partial charge in [-0.25, -0.2) is 18.4 Å². The number of alkyl halides is 2. The number of aromatic nitrogens is 4. The summed E-state index contributed by atoms with van der Waals surface area (Å²) >= 11 is 6.31. The van der Waals surface area contributed by atoms with E-state index in [4.69, 9.17) is 23.1 Å². The number of hydrogen-bond acceptors (Lipinski definition) is 10. The molecule has 0 atom stereocenters. The molecule has 1 aliphatic heterocycles. The number of piperazine rings is 1. The lowest BCUT2D eigenvalue weighted by Crippen LogP contribution is -2.55. The molecule has 0 amide bonds. The molecule has 11 nitrogen and oxygen atoms in total. The van der Waals surface area contributed by atoms with Crippen LogP contribution in [0.5, 0.6) is 0 Å². The zero-order chi connectivity index (χ0) is 25.1. The molecule has 2 aromatic heterocycles. The van der Waals surface area contributed by atoms with Gasteiger partial charge in [-0.1, -0.05) is 17.7 Å². The number of halogens is 3. The van der Waals surface area contributed by atoms with E-state index < -0.39 is 6.43 Å². The Kier molecular flexibility index (Phi) is 7.13. The normalized spacial score (nSPS) is 14.4. The molecule has 0 aliphatic carbocycles. The van der Waals surface area contributed by atoms with Crippen LogP contribution < -0.4 is 27.4 Å². The van der Waals surface area contributed by atoms with Crippen LogP contribution in [0.4, 0.5) is 26.4 Å². The fraction of sp³-hybridized carbons (Fsp3) is 0.381. The van der Waals surface area contributed by atoms with E-state index in [2.05, 4.69) is 20.3 Å². The Morgan fingerprint density at radius 3 is 2.60 bits per heavy atom. The smallest absolute Gasteiger partial charge is 0.281 e. The van der Waals surface area contributed by atoms with E-state index in [0.29, 0.717) is 37.5 Å². The molecule has 1 aromatic carbocycles. The summed E-state index contributed by atoms with van der Waals surface area (Å²) in [5.41, 5.74) is 11.6. The minimum atomic E-state index is -2.42. The van der Waals surface area contributed by atoms with Gasteiger partial charge in [0.2, 0.25) is 5.95 Å². The van der Waals surface area contributed by atoms with Crippen molar-refractivity contribution in [1.82, 2.24) is 24.5 Å². The van der Waals surface area contributed by atoms with Crippen molar-refractivity contribution >= 4 is 40.1 Å². The zero-order valence-corrected chi connectivity index (χ0v) is 19.3. The lowest BCUT2D eigenvalue weighted by Gasteiger charge is -2.37. The highest BCUT2D eigenvalue weighted by atomic mass is 35.5. The number of anilines is 3. The minimum Gasteiger partial charge on any atom is -0.382 e. The fourth-order valence-electron chi connectivity index (χ4n) is 4.02. The van der Waals surface area contributed by atoms with Gasteiger partial charge in [0.15, 0.2) is 5.82 Å². The molecular formula is C21H23ClF2N10O. The summed E-state index contributed by atoms with van der Waals surface area (Å²) in [7, 11) is 0. The molecule has 35 heavy (non-hydrogen) atoms. The second kappa shape index (κ2) is 10.2. The van der Waals surface area contributed by atoms with E-state index in [0.717, 1.165) is 0 Å². The summed E-state index contributed by atoms with van der Waals surface area (Å²) in [4.78, 5) is 27.6. The Morgan fingerprint density at radius 1 is 1.17 bits per heavy atom. The molecule has 0 saturated carbocycles. The van der Waals surface area contributed by atoms with Crippen LogP contribution in [0.1, 0.15) is 11.4 Å². The first-order chi connectivity index (χ1) is 16.8. The fourth-order valence-corrected chi connectivity index (χ4v) is 4.27. The van der Waals surface area contributed by atoms with Gasteiger partial charge in [0.1, 0.15) is 23.3 Å². The molecule has 0 radical (unpaired) electrons. The average molecular weight is 505 g/mol. The highest BCUT2D eigenvalue weighted by Crippen LogP contribution is 2.21. The average Bonchev–Trinajstić information content (AvgIpc) is 2.79. The standard InChI is InChI=1S/C21H23ClF2N10O/c22-13-2-1-3-14-17(13)20(35)34(33-8-6-32(7-9-33)11-15(23)24)16(29-14)4-5-28-19-12(10-25)18(26)30-21(27)31-19/h1-3,15H,4-9,11H2,(H5,26,27,28,30,31). The Hall–Kier alpha value is -3.76. The monoisotopic (exact) mass is 504 g/mol. The van der Waals surface area contributed by atoms with Crippen LogP contribution in [0.2, 0.25) is 5.02 Å². The number of nitrogen functional groups attached to an aromatic ring is 2. The van der Waals surface area contributed by atoms with Gasteiger partial charge in [-0.3, -0.25) is 9.69 Å². The first-order valence-corrected chi connectivity index (χ1v) is 11.2. The number of nitrogens with one attached hydrogen (secondary N) is 1. The lowest BCUT2D eigenvalue weighted by atomic mass is 10.2. The number of hydrogen-bond donors (Lipinski definition) is 3. The molecular weight excluding hydrogens is 482 g/mol. The van der Waals surface area contributed by atoms with Crippen molar-refractivity contribution < 1.29 is 8.78 Å². The highest BCUT2D eigenvalue weighted by molar-refractivity contribution is 6.35. The summed E-state index contributed by atoms with van der Waals surface area (Å²) in [6.07, 6.45) is -2.15. The topological polar surface area (TPSA) is 155 Å². The third kappa shape index (κ3) is 5.18. The van der Waals surface area contributed by atoms with Crippen molar-refractivity contribution in [3.05, 3.63) is 45.0 Å². The van der Waals surface area contributed by atoms with Gasteiger partial charge in [0.25, 0.3) is 12.0 Å². The Bertz CT molecular complexity index is 1330. The molecule has 0 bridgehead atoms. The second-order valence-electron chi connectivity index (χ2n) is 7.90. The van der Waals surface area contributed by atoms with Crippen molar-refractivity contribution in [2.45, 2.75) is 12.8 Å². The van der Waals surface area contributed by atoms with Crippen LogP contribution in [0.15, 0.2) is 23.0 Å². The Labute approximate surface area is 203 Å². The van der Waals surface area contributed by atoms with E-state index >= 15 is 0 Å². The maximum absolute atomic E-state index is 13.5. The summed E-state index contributed by atoms with van der Waals surface area (Å²) in [5.74, 6) is 0.490. The molecule has 0 spiro atoms.